The molecule has 0 aliphatic heterocycles. The average molecular weight is 278 g/mol. The van der Waals surface area contributed by atoms with Crippen molar-refractivity contribution in [2.75, 3.05) is 5.01 Å². The molecule has 0 bridgehead atoms. The molecule has 0 saturated carbocycles. The molecule has 0 aromatic carbocycles. The molecular formula is C12H12ClN5O. The van der Waals surface area contributed by atoms with E-state index in [1.54, 1.807) is 43.5 Å². The molecule has 2 aromatic heterocycles. The number of pyridine rings is 1. The highest BCUT2D eigenvalue weighted by atomic mass is 35.5. The Hall–Kier alpha value is -2.05. The summed E-state index contributed by atoms with van der Waals surface area (Å²) in [5, 5.41) is 8.85. The molecule has 7 heteroatoms. The van der Waals surface area contributed by atoms with E-state index in [0.29, 0.717) is 11.5 Å². The van der Waals surface area contributed by atoms with Crippen LogP contribution in [0.2, 0.25) is 5.15 Å². The van der Waals surface area contributed by atoms with Crippen molar-refractivity contribution >= 4 is 23.3 Å². The number of aromatic nitrogens is 3. The zero-order valence-electron chi connectivity index (χ0n) is 10.2. The minimum Gasteiger partial charge on any atom is -0.272 e. The van der Waals surface area contributed by atoms with E-state index in [4.69, 9.17) is 17.4 Å². The molecule has 0 saturated heterocycles. The zero-order valence-corrected chi connectivity index (χ0v) is 10.9. The number of hydrogen-bond acceptors (Lipinski definition) is 5. The standard InChI is InChI=1S/C12H12ClN5O/c1-8(9-5-6-10(13)17-16-9)12(19)18(14)11-4-2-3-7-15-11/h2-8H,14H2,1H3. The van der Waals surface area contributed by atoms with E-state index in [1.165, 1.54) is 0 Å². The highest BCUT2D eigenvalue weighted by molar-refractivity contribution is 6.29. The number of amides is 1. The van der Waals surface area contributed by atoms with Crippen molar-refractivity contribution in [2.24, 2.45) is 5.84 Å². The zero-order chi connectivity index (χ0) is 13.8. The minimum absolute atomic E-state index is 0.276. The third kappa shape index (κ3) is 3.04. The van der Waals surface area contributed by atoms with E-state index in [2.05, 4.69) is 15.2 Å². The largest absolute Gasteiger partial charge is 0.272 e. The fourth-order valence-corrected chi connectivity index (χ4v) is 1.60. The van der Waals surface area contributed by atoms with Crippen LogP contribution in [0.3, 0.4) is 0 Å². The Morgan fingerprint density at radius 2 is 2.11 bits per heavy atom. The number of rotatable bonds is 3. The molecule has 0 aliphatic rings. The van der Waals surface area contributed by atoms with Gasteiger partial charge in [0.1, 0.15) is 5.82 Å². The molecule has 0 radical (unpaired) electrons. The quantitative estimate of drug-likeness (QED) is 0.522. The molecule has 98 valence electrons. The number of halogens is 1. The van der Waals surface area contributed by atoms with Crippen molar-refractivity contribution in [1.29, 1.82) is 0 Å². The second kappa shape index (κ2) is 5.73. The van der Waals surface area contributed by atoms with Crippen LogP contribution in [-0.2, 0) is 4.79 Å². The SMILES string of the molecule is CC(C(=O)N(N)c1ccccn1)c1ccc(Cl)nn1. The fraction of sp³-hybridized carbons (Fsp3) is 0.167. The van der Waals surface area contributed by atoms with Crippen LogP contribution in [0.1, 0.15) is 18.5 Å². The lowest BCUT2D eigenvalue weighted by Gasteiger charge is -2.19. The molecule has 2 aromatic rings. The Labute approximate surface area is 115 Å². The Kier molecular flexibility index (Phi) is 4.03. The first-order chi connectivity index (χ1) is 9.09. The number of carbonyl (C=O) groups excluding carboxylic acids is 1. The van der Waals surface area contributed by atoms with Crippen LogP contribution in [0, 0.1) is 0 Å². The van der Waals surface area contributed by atoms with E-state index in [-0.39, 0.29) is 11.1 Å². The third-order valence-corrected chi connectivity index (χ3v) is 2.80. The molecule has 2 rings (SSSR count). The van der Waals surface area contributed by atoms with Crippen molar-refractivity contribution in [3.05, 3.63) is 47.4 Å². The molecule has 1 atom stereocenters. The van der Waals surface area contributed by atoms with Gasteiger partial charge in [0.25, 0.3) is 5.91 Å². The molecule has 1 amide bonds. The van der Waals surface area contributed by atoms with Crippen molar-refractivity contribution in [2.45, 2.75) is 12.8 Å². The molecule has 19 heavy (non-hydrogen) atoms. The maximum atomic E-state index is 12.2. The Bertz CT molecular complexity index is 560. The van der Waals surface area contributed by atoms with Crippen LogP contribution >= 0.6 is 11.6 Å². The lowest BCUT2D eigenvalue weighted by Crippen LogP contribution is -2.41. The van der Waals surface area contributed by atoms with E-state index in [0.717, 1.165) is 5.01 Å². The van der Waals surface area contributed by atoms with Gasteiger partial charge in [0.15, 0.2) is 5.15 Å². The van der Waals surface area contributed by atoms with Crippen molar-refractivity contribution in [1.82, 2.24) is 15.2 Å². The monoisotopic (exact) mass is 277 g/mol. The van der Waals surface area contributed by atoms with Crippen LogP contribution < -0.4 is 10.9 Å². The molecule has 0 fully saturated rings. The van der Waals surface area contributed by atoms with Gasteiger partial charge in [0.05, 0.1) is 11.6 Å². The number of nitrogens with two attached hydrogens (primary N) is 1. The summed E-state index contributed by atoms with van der Waals surface area (Å²) in [6, 6.07) is 8.37. The second-order valence-electron chi connectivity index (χ2n) is 3.90. The summed E-state index contributed by atoms with van der Waals surface area (Å²) in [4.78, 5) is 16.2. The van der Waals surface area contributed by atoms with Crippen LogP contribution in [-0.4, -0.2) is 21.1 Å². The van der Waals surface area contributed by atoms with Gasteiger partial charge in [0, 0.05) is 6.20 Å². The Morgan fingerprint density at radius 3 is 2.68 bits per heavy atom. The van der Waals surface area contributed by atoms with Gasteiger partial charge in [-0.15, -0.1) is 5.10 Å². The molecule has 2 heterocycles. The van der Waals surface area contributed by atoms with E-state index >= 15 is 0 Å². The second-order valence-corrected chi connectivity index (χ2v) is 4.29. The van der Waals surface area contributed by atoms with Gasteiger partial charge >= 0.3 is 0 Å². The van der Waals surface area contributed by atoms with Crippen molar-refractivity contribution in [3.63, 3.8) is 0 Å². The smallest absolute Gasteiger partial charge is 0.251 e. The van der Waals surface area contributed by atoms with Crippen molar-refractivity contribution in [3.8, 4) is 0 Å². The Balaban J connectivity index is 2.17. The lowest BCUT2D eigenvalue weighted by molar-refractivity contribution is -0.119. The number of nitrogens with zero attached hydrogens (tertiary/aromatic N) is 4. The predicted molar refractivity (Wildman–Crippen MR) is 71.4 cm³/mol. The van der Waals surface area contributed by atoms with Gasteiger partial charge in [-0.25, -0.2) is 15.8 Å². The highest BCUT2D eigenvalue weighted by Gasteiger charge is 2.23. The molecule has 2 N–H and O–H groups in total. The first-order valence-electron chi connectivity index (χ1n) is 5.58. The summed E-state index contributed by atoms with van der Waals surface area (Å²) in [6.45, 7) is 1.70. The molecule has 1 unspecified atom stereocenters. The minimum atomic E-state index is -0.531. The van der Waals surface area contributed by atoms with Gasteiger partial charge in [-0.2, -0.15) is 5.10 Å². The lowest BCUT2D eigenvalue weighted by atomic mass is 10.1. The van der Waals surface area contributed by atoms with E-state index < -0.39 is 5.92 Å². The van der Waals surface area contributed by atoms with Gasteiger partial charge in [-0.05, 0) is 31.2 Å². The average Bonchev–Trinajstić information content (AvgIpc) is 2.46. The number of anilines is 1. The van der Waals surface area contributed by atoms with Crippen molar-refractivity contribution < 1.29 is 4.79 Å². The fourth-order valence-electron chi connectivity index (χ4n) is 1.50. The number of hydrazine groups is 1. The van der Waals surface area contributed by atoms with Crippen LogP contribution in [0.4, 0.5) is 5.82 Å². The van der Waals surface area contributed by atoms with E-state index in [9.17, 15) is 4.79 Å². The first-order valence-corrected chi connectivity index (χ1v) is 5.96. The summed E-state index contributed by atoms with van der Waals surface area (Å²) in [5.74, 6) is 5.28. The maximum Gasteiger partial charge on any atom is 0.251 e. The number of hydrogen-bond donors (Lipinski definition) is 1. The molecular weight excluding hydrogens is 266 g/mol. The topological polar surface area (TPSA) is 85.0 Å². The summed E-state index contributed by atoms with van der Waals surface area (Å²) in [5.41, 5.74) is 0.501. The maximum absolute atomic E-state index is 12.2. The molecule has 6 nitrogen and oxygen atoms in total. The number of carbonyl (C=O) groups is 1. The summed E-state index contributed by atoms with van der Waals surface area (Å²) in [7, 11) is 0. The Morgan fingerprint density at radius 1 is 1.32 bits per heavy atom. The third-order valence-electron chi connectivity index (χ3n) is 2.60. The predicted octanol–water partition coefficient (Wildman–Crippen LogP) is 1.54. The van der Waals surface area contributed by atoms with Gasteiger partial charge in [-0.3, -0.25) is 4.79 Å². The summed E-state index contributed by atoms with van der Waals surface area (Å²) >= 11 is 5.65. The van der Waals surface area contributed by atoms with Crippen LogP contribution in [0.25, 0.3) is 0 Å². The first kappa shape index (κ1) is 13.4. The normalized spacial score (nSPS) is 11.9. The van der Waals surface area contributed by atoms with Gasteiger partial charge in [-0.1, -0.05) is 17.7 Å². The van der Waals surface area contributed by atoms with Gasteiger partial charge in [0.2, 0.25) is 0 Å². The van der Waals surface area contributed by atoms with E-state index in [1.807, 2.05) is 0 Å². The van der Waals surface area contributed by atoms with Gasteiger partial charge < -0.3 is 0 Å². The molecule has 0 aliphatic carbocycles. The van der Waals surface area contributed by atoms with Crippen LogP contribution in [0.15, 0.2) is 36.5 Å². The molecule has 0 spiro atoms. The highest BCUT2D eigenvalue weighted by Crippen LogP contribution is 2.17. The summed E-state index contributed by atoms with van der Waals surface area (Å²) < 4.78 is 0. The van der Waals surface area contributed by atoms with Crippen LogP contribution in [0.5, 0.6) is 0 Å². The summed E-state index contributed by atoms with van der Waals surface area (Å²) in [6.07, 6.45) is 1.56.